The van der Waals surface area contributed by atoms with Crippen LogP contribution in [0.2, 0.25) is 0 Å². The van der Waals surface area contributed by atoms with E-state index in [0.717, 1.165) is 44.9 Å². The van der Waals surface area contributed by atoms with E-state index in [2.05, 4.69) is 9.97 Å². The molecule has 148 valence electrons. The molecule has 2 heterocycles. The number of aryl methyl sites for hydroxylation is 2. The predicted octanol–water partition coefficient (Wildman–Crippen LogP) is 2.33. The van der Waals surface area contributed by atoms with Crippen molar-refractivity contribution in [2.24, 2.45) is 5.92 Å². The standard InChI is InChI=1S/C19H28N4O4/c1-3-5-11-23-16-15(17(24)21-19(23)26)22(10-4-2)14(20-16)12-27-18(25)13-8-6-7-9-13/h13H,3-12H2,1-2H3,(H,21,24,26). The first kappa shape index (κ1) is 19.4. The van der Waals surface area contributed by atoms with Crippen LogP contribution in [0.5, 0.6) is 0 Å². The van der Waals surface area contributed by atoms with Gasteiger partial charge < -0.3 is 9.30 Å². The van der Waals surface area contributed by atoms with E-state index in [1.54, 1.807) is 4.57 Å². The summed E-state index contributed by atoms with van der Waals surface area (Å²) in [5.41, 5.74) is -0.147. The summed E-state index contributed by atoms with van der Waals surface area (Å²) in [5.74, 6) is 0.291. The molecule has 0 unspecified atom stereocenters. The van der Waals surface area contributed by atoms with Crippen molar-refractivity contribution in [2.75, 3.05) is 0 Å². The third-order valence-corrected chi connectivity index (χ3v) is 5.18. The Morgan fingerprint density at radius 2 is 1.89 bits per heavy atom. The Morgan fingerprint density at radius 1 is 1.15 bits per heavy atom. The van der Waals surface area contributed by atoms with Gasteiger partial charge in [-0.1, -0.05) is 33.1 Å². The highest BCUT2D eigenvalue weighted by atomic mass is 16.5. The largest absolute Gasteiger partial charge is 0.457 e. The number of nitrogens with one attached hydrogen (secondary N) is 1. The molecule has 0 atom stereocenters. The Balaban J connectivity index is 1.97. The molecule has 0 aromatic carbocycles. The number of carbonyl (C=O) groups is 1. The molecule has 0 radical (unpaired) electrons. The zero-order valence-corrected chi connectivity index (χ0v) is 16.1. The van der Waals surface area contributed by atoms with Crippen molar-refractivity contribution in [3.63, 3.8) is 0 Å². The van der Waals surface area contributed by atoms with Crippen molar-refractivity contribution in [3.8, 4) is 0 Å². The van der Waals surface area contributed by atoms with E-state index in [9.17, 15) is 14.4 Å². The Labute approximate surface area is 157 Å². The van der Waals surface area contributed by atoms with Crippen molar-refractivity contribution in [2.45, 2.75) is 78.5 Å². The van der Waals surface area contributed by atoms with E-state index >= 15 is 0 Å². The third kappa shape index (κ3) is 3.99. The van der Waals surface area contributed by atoms with Gasteiger partial charge >= 0.3 is 11.7 Å². The Kier molecular flexibility index (Phi) is 6.13. The van der Waals surface area contributed by atoms with E-state index in [0.29, 0.717) is 30.1 Å². The van der Waals surface area contributed by atoms with Crippen LogP contribution in [0.15, 0.2) is 9.59 Å². The second-order valence-corrected chi connectivity index (χ2v) is 7.21. The number of hydrogen-bond acceptors (Lipinski definition) is 5. The van der Waals surface area contributed by atoms with Crippen LogP contribution in [0.3, 0.4) is 0 Å². The quantitative estimate of drug-likeness (QED) is 0.713. The average molecular weight is 376 g/mol. The van der Waals surface area contributed by atoms with Crippen molar-refractivity contribution in [3.05, 3.63) is 26.7 Å². The van der Waals surface area contributed by atoms with Crippen molar-refractivity contribution >= 4 is 17.1 Å². The fourth-order valence-corrected chi connectivity index (χ4v) is 3.73. The number of unbranched alkanes of at least 4 members (excludes halogenated alkanes) is 1. The number of H-pyrrole nitrogens is 1. The number of fused-ring (bicyclic) bond motifs is 1. The first-order valence-electron chi connectivity index (χ1n) is 9.95. The lowest BCUT2D eigenvalue weighted by Crippen LogP contribution is -2.31. The molecule has 8 nitrogen and oxygen atoms in total. The normalized spacial score (nSPS) is 14.9. The van der Waals surface area contributed by atoms with Gasteiger partial charge in [0.15, 0.2) is 11.2 Å². The van der Waals surface area contributed by atoms with Gasteiger partial charge in [0.25, 0.3) is 5.56 Å². The Bertz CT molecular complexity index is 918. The van der Waals surface area contributed by atoms with Crippen LogP contribution in [0.4, 0.5) is 0 Å². The second kappa shape index (κ2) is 8.54. The minimum Gasteiger partial charge on any atom is -0.457 e. The number of ether oxygens (including phenoxy) is 1. The summed E-state index contributed by atoms with van der Waals surface area (Å²) in [5, 5.41) is 0. The fraction of sp³-hybridized carbons (Fsp3) is 0.684. The molecule has 1 aliphatic carbocycles. The molecule has 1 saturated carbocycles. The molecule has 8 heteroatoms. The number of esters is 1. The van der Waals surface area contributed by atoms with Crippen LogP contribution in [0, 0.1) is 5.92 Å². The fourth-order valence-electron chi connectivity index (χ4n) is 3.73. The molecule has 3 rings (SSSR count). The van der Waals surface area contributed by atoms with E-state index in [1.165, 1.54) is 4.57 Å². The van der Waals surface area contributed by atoms with Crippen LogP contribution < -0.4 is 11.2 Å². The SMILES string of the molecule is CCCCn1c(=O)[nH]c(=O)c2c1nc(COC(=O)C1CCCC1)n2CCC. The van der Waals surface area contributed by atoms with E-state index in [1.807, 2.05) is 13.8 Å². The maximum atomic E-state index is 12.4. The van der Waals surface area contributed by atoms with Gasteiger partial charge in [0.1, 0.15) is 12.4 Å². The first-order chi connectivity index (χ1) is 13.1. The van der Waals surface area contributed by atoms with Crippen molar-refractivity contribution in [1.82, 2.24) is 19.1 Å². The van der Waals surface area contributed by atoms with E-state index in [4.69, 9.17) is 4.74 Å². The number of imidazole rings is 1. The van der Waals surface area contributed by atoms with Gasteiger partial charge in [-0.3, -0.25) is 19.1 Å². The highest BCUT2D eigenvalue weighted by Crippen LogP contribution is 2.26. The molecule has 0 amide bonds. The maximum absolute atomic E-state index is 12.4. The lowest BCUT2D eigenvalue weighted by Gasteiger charge is -2.11. The topological polar surface area (TPSA) is 99.0 Å². The highest BCUT2D eigenvalue weighted by molar-refractivity contribution is 5.73. The molecule has 2 aromatic heterocycles. The lowest BCUT2D eigenvalue weighted by molar-refractivity contribution is -0.150. The molecule has 0 saturated heterocycles. The summed E-state index contributed by atoms with van der Waals surface area (Å²) < 4.78 is 8.78. The average Bonchev–Trinajstić information content (AvgIpc) is 3.29. The van der Waals surface area contributed by atoms with Crippen molar-refractivity contribution < 1.29 is 9.53 Å². The summed E-state index contributed by atoms with van der Waals surface area (Å²) in [6.07, 6.45) is 6.41. The minimum atomic E-state index is -0.448. The number of rotatable bonds is 8. The van der Waals surface area contributed by atoms with Crippen LogP contribution >= 0.6 is 0 Å². The van der Waals surface area contributed by atoms with Gasteiger partial charge in [-0.25, -0.2) is 9.78 Å². The van der Waals surface area contributed by atoms with Gasteiger partial charge in [0.05, 0.1) is 5.92 Å². The van der Waals surface area contributed by atoms with E-state index < -0.39 is 11.2 Å². The number of carbonyl (C=O) groups excluding carboxylic acids is 1. The van der Waals surface area contributed by atoms with Gasteiger partial charge in [-0.2, -0.15) is 0 Å². The van der Waals surface area contributed by atoms with Crippen LogP contribution in [0.1, 0.15) is 64.6 Å². The summed E-state index contributed by atoms with van der Waals surface area (Å²) >= 11 is 0. The first-order valence-corrected chi connectivity index (χ1v) is 9.95. The zero-order valence-electron chi connectivity index (χ0n) is 16.1. The smallest absolute Gasteiger partial charge is 0.330 e. The monoisotopic (exact) mass is 376 g/mol. The molecular formula is C19H28N4O4. The number of aromatic nitrogens is 4. The zero-order chi connectivity index (χ0) is 19.4. The molecule has 1 aliphatic rings. The molecule has 27 heavy (non-hydrogen) atoms. The summed E-state index contributed by atoms with van der Waals surface area (Å²) in [4.78, 5) is 43.9. The number of nitrogens with zero attached hydrogens (tertiary/aromatic N) is 3. The summed E-state index contributed by atoms with van der Waals surface area (Å²) in [6, 6.07) is 0. The molecule has 0 spiro atoms. The van der Waals surface area contributed by atoms with Gasteiger partial charge in [0, 0.05) is 13.1 Å². The predicted molar refractivity (Wildman–Crippen MR) is 102 cm³/mol. The molecule has 0 bridgehead atoms. The van der Waals surface area contributed by atoms with Gasteiger partial charge in [0.2, 0.25) is 0 Å². The number of hydrogen-bond donors (Lipinski definition) is 1. The molecule has 1 N–H and O–H groups in total. The lowest BCUT2D eigenvalue weighted by atomic mass is 10.1. The van der Waals surface area contributed by atoms with E-state index in [-0.39, 0.29) is 18.5 Å². The maximum Gasteiger partial charge on any atom is 0.330 e. The molecular weight excluding hydrogens is 348 g/mol. The van der Waals surface area contributed by atoms with Gasteiger partial charge in [-0.15, -0.1) is 0 Å². The van der Waals surface area contributed by atoms with Crippen LogP contribution in [-0.2, 0) is 29.2 Å². The Hall–Kier alpha value is -2.38. The second-order valence-electron chi connectivity index (χ2n) is 7.21. The minimum absolute atomic E-state index is 0.0193. The van der Waals surface area contributed by atoms with Crippen LogP contribution in [0.25, 0.3) is 11.2 Å². The molecule has 2 aromatic rings. The van der Waals surface area contributed by atoms with Crippen molar-refractivity contribution in [1.29, 1.82) is 0 Å². The molecule has 0 aliphatic heterocycles. The Morgan fingerprint density at radius 3 is 2.56 bits per heavy atom. The van der Waals surface area contributed by atoms with Crippen LogP contribution in [-0.4, -0.2) is 25.1 Å². The highest BCUT2D eigenvalue weighted by Gasteiger charge is 2.25. The third-order valence-electron chi connectivity index (χ3n) is 5.18. The number of aromatic amines is 1. The molecule has 1 fully saturated rings. The summed E-state index contributed by atoms with van der Waals surface area (Å²) in [6.45, 7) is 5.12. The summed E-state index contributed by atoms with van der Waals surface area (Å²) in [7, 11) is 0. The van der Waals surface area contributed by atoms with Gasteiger partial charge in [-0.05, 0) is 25.7 Å².